The number of morpholine rings is 1. The number of carbonyl (C=O) groups excluding carboxylic acids is 1. The van der Waals surface area contributed by atoms with Crippen LogP contribution in [-0.2, 0) is 11.3 Å². The molecular formula is C23H23F3N4O2. The van der Waals surface area contributed by atoms with Crippen LogP contribution in [-0.4, -0.2) is 57.4 Å². The maximum absolute atomic E-state index is 13.0. The van der Waals surface area contributed by atoms with E-state index in [4.69, 9.17) is 4.74 Å². The van der Waals surface area contributed by atoms with Crippen LogP contribution in [0.2, 0.25) is 0 Å². The van der Waals surface area contributed by atoms with Crippen molar-refractivity contribution in [2.45, 2.75) is 44.6 Å². The van der Waals surface area contributed by atoms with Gasteiger partial charge in [-0.3, -0.25) is 14.4 Å². The number of nitrogens with zero attached hydrogens (tertiary/aromatic N) is 4. The Balaban J connectivity index is 1.47. The van der Waals surface area contributed by atoms with Crippen molar-refractivity contribution >= 4 is 16.7 Å². The first kappa shape index (κ1) is 21.1. The molecule has 2 aromatic heterocycles. The second kappa shape index (κ2) is 7.97. The minimum atomic E-state index is -4.38. The average Bonchev–Trinajstić information content (AvgIpc) is 3.49. The number of aromatic nitrogens is 3. The Bertz CT molecular complexity index is 1170. The van der Waals surface area contributed by atoms with Crippen LogP contribution in [0.3, 0.4) is 0 Å². The molecule has 9 heteroatoms. The van der Waals surface area contributed by atoms with E-state index in [9.17, 15) is 18.0 Å². The molecule has 6 nitrogen and oxygen atoms in total. The normalized spacial score (nSPS) is 20.1. The molecule has 0 bridgehead atoms. The zero-order valence-electron chi connectivity index (χ0n) is 17.6. The molecule has 3 heterocycles. The number of Topliss-reactive ketones (excluding diaryl/α,β-unsaturated/α-hetero) is 1. The number of ketones is 1. The molecule has 2 fully saturated rings. The second-order valence-corrected chi connectivity index (χ2v) is 8.54. The molecule has 1 saturated carbocycles. The van der Waals surface area contributed by atoms with E-state index in [1.165, 1.54) is 6.92 Å². The van der Waals surface area contributed by atoms with Crippen LogP contribution in [0.15, 0.2) is 36.7 Å². The summed E-state index contributed by atoms with van der Waals surface area (Å²) in [7, 11) is 0. The van der Waals surface area contributed by atoms with Crippen LogP contribution in [0.5, 0.6) is 0 Å². The summed E-state index contributed by atoms with van der Waals surface area (Å²) in [4.78, 5) is 18.4. The zero-order valence-corrected chi connectivity index (χ0v) is 17.6. The van der Waals surface area contributed by atoms with Crippen LogP contribution in [0.1, 0.15) is 41.9 Å². The van der Waals surface area contributed by atoms with E-state index in [0.717, 1.165) is 34.9 Å². The smallest absolute Gasteiger partial charge is 0.366 e. The van der Waals surface area contributed by atoms with Gasteiger partial charge in [0.05, 0.1) is 24.4 Å². The molecule has 1 unspecified atom stereocenters. The van der Waals surface area contributed by atoms with Gasteiger partial charge in [-0.25, -0.2) is 4.98 Å². The van der Waals surface area contributed by atoms with E-state index in [0.29, 0.717) is 30.3 Å². The second-order valence-electron chi connectivity index (χ2n) is 8.54. The van der Waals surface area contributed by atoms with Crippen LogP contribution in [0.25, 0.3) is 22.0 Å². The van der Waals surface area contributed by atoms with Gasteiger partial charge in [0.15, 0.2) is 11.9 Å². The minimum absolute atomic E-state index is 0.0413. The first-order valence-electron chi connectivity index (χ1n) is 10.7. The van der Waals surface area contributed by atoms with Gasteiger partial charge in [0.1, 0.15) is 5.69 Å². The van der Waals surface area contributed by atoms with Crippen LogP contribution in [0.4, 0.5) is 13.2 Å². The van der Waals surface area contributed by atoms with E-state index < -0.39 is 12.3 Å². The third-order valence-electron chi connectivity index (χ3n) is 5.99. The number of halogens is 3. The molecule has 1 atom stereocenters. The standard InChI is InChI=1S/C23H23F3N4O2/c1-14(31)20-9-19(16-10-27-30(12-16)17-3-4-17)18-5-2-15(8-21(18)28-20)11-29-6-7-32-22(13-29)23(24,25)26/h2,5,8-10,12,17,22H,3-4,6-7,11,13H2,1H3. The molecule has 168 valence electrons. The molecule has 5 rings (SSSR count). The summed E-state index contributed by atoms with van der Waals surface area (Å²) >= 11 is 0. The van der Waals surface area contributed by atoms with Crippen molar-refractivity contribution in [2.75, 3.05) is 19.7 Å². The molecule has 0 spiro atoms. The molecule has 0 N–H and O–H groups in total. The van der Waals surface area contributed by atoms with Gasteiger partial charge in [-0.15, -0.1) is 0 Å². The van der Waals surface area contributed by atoms with Crippen molar-refractivity contribution in [3.8, 4) is 11.1 Å². The van der Waals surface area contributed by atoms with Gasteiger partial charge in [-0.05, 0) is 36.1 Å². The minimum Gasteiger partial charge on any atom is -0.366 e. The highest BCUT2D eigenvalue weighted by molar-refractivity contribution is 6.01. The Morgan fingerprint density at radius 2 is 2.06 bits per heavy atom. The number of pyridine rings is 1. The summed E-state index contributed by atoms with van der Waals surface area (Å²) in [5, 5.41) is 5.34. The number of carbonyl (C=O) groups is 1. The first-order chi connectivity index (χ1) is 15.3. The Morgan fingerprint density at radius 3 is 2.78 bits per heavy atom. The van der Waals surface area contributed by atoms with Crippen molar-refractivity contribution in [1.82, 2.24) is 19.7 Å². The summed E-state index contributed by atoms with van der Waals surface area (Å²) < 4.78 is 46.0. The lowest BCUT2D eigenvalue weighted by atomic mass is 10.00. The third kappa shape index (κ3) is 4.27. The Hall–Kier alpha value is -2.78. The highest BCUT2D eigenvalue weighted by atomic mass is 19.4. The van der Waals surface area contributed by atoms with Gasteiger partial charge >= 0.3 is 6.18 Å². The fraction of sp³-hybridized carbons (Fsp3) is 0.435. The molecule has 1 aliphatic carbocycles. The summed E-state index contributed by atoms with van der Waals surface area (Å²) in [6.07, 6.45) is -0.104. The van der Waals surface area contributed by atoms with Gasteiger partial charge < -0.3 is 4.74 Å². The Morgan fingerprint density at radius 1 is 1.25 bits per heavy atom. The number of fused-ring (bicyclic) bond motifs is 1. The van der Waals surface area contributed by atoms with Crippen molar-refractivity contribution in [3.05, 3.63) is 47.9 Å². The largest absolute Gasteiger partial charge is 0.415 e. The summed E-state index contributed by atoms with van der Waals surface area (Å²) in [6, 6.07) is 7.92. The van der Waals surface area contributed by atoms with Crippen LogP contribution >= 0.6 is 0 Å². The van der Waals surface area contributed by atoms with E-state index in [-0.39, 0.29) is 18.9 Å². The maximum atomic E-state index is 13.0. The van der Waals surface area contributed by atoms with Crippen LogP contribution in [0, 0.1) is 0 Å². The van der Waals surface area contributed by atoms with Crippen LogP contribution < -0.4 is 0 Å². The van der Waals surface area contributed by atoms with Gasteiger partial charge in [0.25, 0.3) is 0 Å². The quantitative estimate of drug-likeness (QED) is 0.546. The molecule has 1 aliphatic heterocycles. The predicted molar refractivity (Wildman–Crippen MR) is 112 cm³/mol. The first-order valence-corrected chi connectivity index (χ1v) is 10.7. The highest BCUT2D eigenvalue weighted by Crippen LogP contribution is 2.36. The third-order valence-corrected chi connectivity index (χ3v) is 5.99. The van der Waals surface area contributed by atoms with E-state index in [1.54, 1.807) is 17.2 Å². The topological polar surface area (TPSA) is 60.2 Å². The number of rotatable bonds is 5. The lowest BCUT2D eigenvalue weighted by Crippen LogP contribution is -2.48. The lowest BCUT2D eigenvalue weighted by Gasteiger charge is -2.33. The van der Waals surface area contributed by atoms with Gasteiger partial charge in [0.2, 0.25) is 0 Å². The molecular weight excluding hydrogens is 421 g/mol. The lowest BCUT2D eigenvalue weighted by molar-refractivity contribution is -0.237. The van der Waals surface area contributed by atoms with E-state index >= 15 is 0 Å². The van der Waals surface area contributed by atoms with Crippen molar-refractivity contribution in [2.24, 2.45) is 0 Å². The zero-order chi connectivity index (χ0) is 22.5. The summed E-state index contributed by atoms with van der Waals surface area (Å²) in [6.45, 7) is 2.10. The fourth-order valence-corrected chi connectivity index (χ4v) is 4.11. The van der Waals surface area contributed by atoms with Gasteiger partial charge in [-0.1, -0.05) is 12.1 Å². The molecule has 1 aromatic carbocycles. The molecule has 2 aliphatic rings. The SMILES string of the molecule is CC(=O)c1cc(-c2cnn(C3CC3)c2)c2ccc(CN3CCOC(C(F)(F)F)C3)cc2n1. The number of alkyl halides is 3. The maximum Gasteiger partial charge on any atom is 0.415 e. The predicted octanol–water partition coefficient (Wildman–Crippen LogP) is 4.40. The molecule has 32 heavy (non-hydrogen) atoms. The summed E-state index contributed by atoms with van der Waals surface area (Å²) in [5.74, 6) is -0.144. The monoisotopic (exact) mass is 444 g/mol. The van der Waals surface area contributed by atoms with E-state index in [2.05, 4.69) is 10.1 Å². The summed E-state index contributed by atoms with van der Waals surface area (Å²) in [5.41, 5.74) is 3.63. The number of benzene rings is 1. The number of hydrogen-bond donors (Lipinski definition) is 0. The van der Waals surface area contributed by atoms with Crippen molar-refractivity contribution < 1.29 is 22.7 Å². The molecule has 3 aromatic rings. The Labute approximate surface area is 183 Å². The van der Waals surface area contributed by atoms with Gasteiger partial charge in [-0.2, -0.15) is 18.3 Å². The van der Waals surface area contributed by atoms with Crippen molar-refractivity contribution in [1.29, 1.82) is 0 Å². The van der Waals surface area contributed by atoms with Crippen molar-refractivity contribution in [3.63, 3.8) is 0 Å². The molecule has 1 saturated heterocycles. The van der Waals surface area contributed by atoms with E-state index in [1.807, 2.05) is 29.1 Å². The number of ether oxygens (including phenoxy) is 1. The Kier molecular flexibility index (Phi) is 5.25. The molecule has 0 radical (unpaired) electrons. The van der Waals surface area contributed by atoms with Gasteiger partial charge in [0, 0.05) is 43.7 Å². The number of hydrogen-bond acceptors (Lipinski definition) is 5. The average molecular weight is 444 g/mol. The highest BCUT2D eigenvalue weighted by Gasteiger charge is 2.43. The molecule has 0 amide bonds. The fourth-order valence-electron chi connectivity index (χ4n) is 4.11.